The number of aromatic nitrogens is 1. The summed E-state index contributed by atoms with van der Waals surface area (Å²) in [5.74, 6) is 0. The molecule has 0 unspecified atom stereocenters. The van der Waals surface area contributed by atoms with Gasteiger partial charge in [0.15, 0.2) is 0 Å². The van der Waals surface area contributed by atoms with Gasteiger partial charge in [-0.15, -0.1) is 15.8 Å². The van der Waals surface area contributed by atoms with Crippen LogP contribution in [0.15, 0.2) is 35.8 Å². The first-order chi connectivity index (χ1) is 6.42. The number of thiazole rings is 1. The Bertz CT molecular complexity index is 386. The number of benzene rings is 1. The van der Waals surface area contributed by atoms with Gasteiger partial charge in [-0.25, -0.2) is 10.5 Å². The predicted molar refractivity (Wildman–Crippen MR) is 52.3 cm³/mol. The van der Waals surface area contributed by atoms with E-state index in [1.54, 1.807) is 23.9 Å². The summed E-state index contributed by atoms with van der Waals surface area (Å²) in [7, 11) is 0. The molecule has 2 nitrogen and oxygen atoms in total. The second-order valence-corrected chi connectivity index (χ2v) is 3.37. The van der Waals surface area contributed by atoms with E-state index in [1.165, 1.54) is 11.3 Å². The van der Waals surface area contributed by atoms with E-state index in [-0.39, 0.29) is 0 Å². The molecule has 1 N–H and O–H groups in total. The Morgan fingerprint density at radius 3 is 2.85 bits per heavy atom. The third-order valence-corrected chi connectivity index (χ3v) is 2.50. The van der Waals surface area contributed by atoms with Crippen LogP contribution in [-0.4, -0.2) is 4.98 Å². The van der Waals surface area contributed by atoms with Crippen LogP contribution in [0.5, 0.6) is 0 Å². The topological polar surface area (TPSA) is 24.9 Å². The van der Waals surface area contributed by atoms with Gasteiger partial charge >= 0.3 is 0 Å². The Morgan fingerprint density at radius 1 is 1.31 bits per heavy atom. The minimum Gasteiger partial charge on any atom is -0.244 e. The lowest BCUT2D eigenvalue weighted by atomic mass is 10.2. The van der Waals surface area contributed by atoms with Gasteiger partial charge in [0.1, 0.15) is 5.01 Å². The number of nitrogens with one attached hydrogen (secondary N) is 1. The van der Waals surface area contributed by atoms with Gasteiger partial charge in [-0.05, 0) is 12.1 Å². The van der Waals surface area contributed by atoms with Crippen molar-refractivity contribution in [1.82, 2.24) is 4.98 Å². The van der Waals surface area contributed by atoms with Crippen molar-refractivity contribution in [2.75, 3.05) is 5.54 Å². The number of para-hydroxylation sites is 1. The van der Waals surface area contributed by atoms with Crippen molar-refractivity contribution >= 4 is 17.0 Å². The Hall–Kier alpha value is -1.42. The van der Waals surface area contributed by atoms with E-state index in [2.05, 4.69) is 4.98 Å². The first kappa shape index (κ1) is 8.19. The average Bonchev–Trinajstić information content (AvgIpc) is 2.70. The van der Waals surface area contributed by atoms with Crippen LogP contribution in [0.3, 0.4) is 0 Å². The Labute approximate surface area is 79.0 Å². The molecule has 4 heteroatoms. The van der Waals surface area contributed by atoms with Crippen LogP contribution in [0, 0.1) is 0 Å². The highest BCUT2D eigenvalue weighted by Gasteiger charge is 2.05. The number of hydrogen-bond donors (Lipinski definition) is 1. The lowest BCUT2D eigenvalue weighted by Crippen LogP contribution is -1.85. The van der Waals surface area contributed by atoms with Crippen molar-refractivity contribution < 1.29 is 4.48 Å². The second kappa shape index (κ2) is 3.53. The zero-order valence-corrected chi connectivity index (χ0v) is 7.51. The summed E-state index contributed by atoms with van der Waals surface area (Å²) in [6, 6.07) is 7.15. The Balaban J connectivity index is 2.51. The first-order valence-corrected chi connectivity index (χ1v) is 4.65. The molecule has 0 saturated carbocycles. The van der Waals surface area contributed by atoms with Gasteiger partial charge in [-0.3, -0.25) is 0 Å². The van der Waals surface area contributed by atoms with Crippen LogP contribution >= 0.6 is 11.3 Å². The van der Waals surface area contributed by atoms with Crippen LogP contribution in [0.1, 0.15) is 0 Å². The molecule has 0 aliphatic rings. The summed E-state index contributed by atoms with van der Waals surface area (Å²) in [5, 5.41) is 2.69. The molecular weight excluding hydrogens is 187 g/mol. The number of anilines is 1. The van der Waals surface area contributed by atoms with Crippen LogP contribution in [-0.2, 0) is 0 Å². The fourth-order valence-electron chi connectivity index (χ4n) is 1.11. The standard InChI is InChI=1S/C9H7FN2S/c10-12-8-4-2-1-3-7(8)9-11-5-6-13-9/h1-6,12H. The van der Waals surface area contributed by atoms with E-state index >= 15 is 0 Å². The summed E-state index contributed by atoms with van der Waals surface area (Å²) in [6.45, 7) is 0. The first-order valence-electron chi connectivity index (χ1n) is 3.77. The van der Waals surface area contributed by atoms with E-state index in [0.29, 0.717) is 5.69 Å². The predicted octanol–water partition coefficient (Wildman–Crippen LogP) is 3.11. The van der Waals surface area contributed by atoms with Crippen molar-refractivity contribution in [2.45, 2.75) is 0 Å². The maximum absolute atomic E-state index is 12.3. The molecule has 13 heavy (non-hydrogen) atoms. The van der Waals surface area contributed by atoms with Crippen molar-refractivity contribution in [3.05, 3.63) is 35.8 Å². The SMILES string of the molecule is FNc1ccccc1-c1nccs1. The summed E-state index contributed by atoms with van der Waals surface area (Å²) >= 11 is 1.49. The smallest absolute Gasteiger partial charge is 0.125 e. The normalized spacial score (nSPS) is 9.92. The van der Waals surface area contributed by atoms with Gasteiger partial charge in [0, 0.05) is 17.1 Å². The zero-order chi connectivity index (χ0) is 9.10. The summed E-state index contributed by atoms with van der Waals surface area (Å²) < 4.78 is 12.3. The van der Waals surface area contributed by atoms with Gasteiger partial charge in [-0.1, -0.05) is 12.1 Å². The monoisotopic (exact) mass is 194 g/mol. The van der Waals surface area contributed by atoms with E-state index in [9.17, 15) is 4.48 Å². The molecule has 0 saturated heterocycles. The van der Waals surface area contributed by atoms with E-state index in [4.69, 9.17) is 0 Å². The molecule has 1 heterocycles. The quantitative estimate of drug-likeness (QED) is 0.743. The number of halogens is 1. The van der Waals surface area contributed by atoms with Gasteiger partial charge in [0.2, 0.25) is 0 Å². The van der Waals surface area contributed by atoms with Gasteiger partial charge in [0.05, 0.1) is 5.69 Å². The van der Waals surface area contributed by atoms with E-state index in [1.807, 2.05) is 17.5 Å². The zero-order valence-electron chi connectivity index (χ0n) is 6.70. The summed E-state index contributed by atoms with van der Waals surface area (Å²) in [4.78, 5) is 4.11. The van der Waals surface area contributed by atoms with Crippen LogP contribution in [0.2, 0.25) is 0 Å². The van der Waals surface area contributed by atoms with Gasteiger partial charge in [-0.2, -0.15) is 0 Å². The Morgan fingerprint density at radius 2 is 2.15 bits per heavy atom. The van der Waals surface area contributed by atoms with Crippen molar-refractivity contribution in [2.24, 2.45) is 0 Å². The van der Waals surface area contributed by atoms with Crippen LogP contribution in [0.25, 0.3) is 10.6 Å². The highest BCUT2D eigenvalue weighted by molar-refractivity contribution is 7.13. The molecule has 1 aromatic heterocycles. The molecule has 0 spiro atoms. The molecule has 2 aromatic rings. The molecule has 0 aliphatic heterocycles. The molecule has 1 aromatic carbocycles. The molecule has 0 bridgehead atoms. The van der Waals surface area contributed by atoms with Gasteiger partial charge < -0.3 is 0 Å². The fourth-order valence-corrected chi connectivity index (χ4v) is 1.79. The summed E-state index contributed by atoms with van der Waals surface area (Å²) in [5.41, 5.74) is 2.90. The molecule has 0 fully saturated rings. The molecule has 0 radical (unpaired) electrons. The molecular formula is C9H7FN2S. The second-order valence-electron chi connectivity index (χ2n) is 2.48. The largest absolute Gasteiger partial charge is 0.244 e. The third-order valence-electron chi connectivity index (χ3n) is 1.69. The van der Waals surface area contributed by atoms with Crippen molar-refractivity contribution in [1.29, 1.82) is 0 Å². The lowest BCUT2D eigenvalue weighted by molar-refractivity contribution is 0.618. The van der Waals surface area contributed by atoms with E-state index in [0.717, 1.165) is 10.6 Å². The maximum Gasteiger partial charge on any atom is 0.125 e. The van der Waals surface area contributed by atoms with Crippen molar-refractivity contribution in [3.8, 4) is 10.6 Å². The number of rotatable bonds is 2. The lowest BCUT2D eigenvalue weighted by Gasteiger charge is -2.02. The highest BCUT2D eigenvalue weighted by atomic mass is 32.1. The fraction of sp³-hybridized carbons (Fsp3) is 0. The Kier molecular flexibility index (Phi) is 2.23. The highest BCUT2D eigenvalue weighted by Crippen LogP contribution is 2.28. The van der Waals surface area contributed by atoms with Gasteiger partial charge in [0.25, 0.3) is 0 Å². The molecule has 0 aliphatic carbocycles. The number of nitrogens with zero attached hydrogens (tertiary/aromatic N) is 1. The average molecular weight is 194 g/mol. The molecule has 0 amide bonds. The molecule has 66 valence electrons. The van der Waals surface area contributed by atoms with Crippen LogP contribution in [0.4, 0.5) is 10.2 Å². The van der Waals surface area contributed by atoms with Crippen LogP contribution < -0.4 is 5.54 Å². The minimum atomic E-state index is 0.456. The minimum absolute atomic E-state index is 0.456. The third kappa shape index (κ3) is 1.53. The van der Waals surface area contributed by atoms with Crippen molar-refractivity contribution in [3.63, 3.8) is 0 Å². The molecule has 0 atom stereocenters. The summed E-state index contributed by atoms with van der Waals surface area (Å²) in [6.07, 6.45) is 1.70. The molecule has 2 rings (SSSR count). The number of hydrogen-bond acceptors (Lipinski definition) is 3. The maximum atomic E-state index is 12.3. The van der Waals surface area contributed by atoms with E-state index < -0.39 is 0 Å².